The van der Waals surface area contributed by atoms with E-state index in [4.69, 9.17) is 4.74 Å². The summed E-state index contributed by atoms with van der Waals surface area (Å²) in [6.45, 7) is 0. The van der Waals surface area contributed by atoms with Gasteiger partial charge in [0.05, 0.1) is 7.11 Å². The van der Waals surface area contributed by atoms with E-state index in [1.165, 1.54) is 19.2 Å². The third-order valence-electron chi connectivity index (χ3n) is 1.84. The summed E-state index contributed by atoms with van der Waals surface area (Å²) in [6.07, 6.45) is 0. The Labute approximate surface area is 83.5 Å². The van der Waals surface area contributed by atoms with Crippen molar-refractivity contribution in [3.63, 3.8) is 0 Å². The Hall–Kier alpha value is -2.11. The van der Waals surface area contributed by atoms with Gasteiger partial charge in [-0.2, -0.15) is 0 Å². The number of hydrogen-bond acceptors (Lipinski definition) is 4. The number of nitrogens with zero attached hydrogens (tertiary/aromatic N) is 1. The average molecular weight is 210 g/mol. The summed E-state index contributed by atoms with van der Waals surface area (Å²) in [5, 5.41) is 5.66. The normalized spacial score (nSPS) is 10.3. The fraction of sp³-hybridized carbons (Fsp3) is 0.111. The van der Waals surface area contributed by atoms with Crippen molar-refractivity contribution in [2.24, 2.45) is 0 Å². The second-order valence-corrected chi connectivity index (χ2v) is 2.77. The Morgan fingerprint density at radius 3 is 2.87 bits per heavy atom. The Bertz CT molecular complexity index is 532. The van der Waals surface area contributed by atoms with Crippen molar-refractivity contribution < 1.29 is 13.5 Å². The topological polar surface area (TPSA) is 68.1 Å². The number of nitrogens with one attached hydrogen (secondary N) is 1. The molecule has 0 aliphatic rings. The van der Waals surface area contributed by atoms with Crippen molar-refractivity contribution in [1.29, 1.82) is 0 Å². The van der Waals surface area contributed by atoms with Gasteiger partial charge in [-0.15, -0.1) is 5.10 Å². The maximum absolute atomic E-state index is 13.3. The van der Waals surface area contributed by atoms with Crippen molar-refractivity contribution in [2.45, 2.75) is 0 Å². The second-order valence-electron chi connectivity index (χ2n) is 2.77. The van der Waals surface area contributed by atoms with Gasteiger partial charge in [0.15, 0.2) is 11.6 Å². The van der Waals surface area contributed by atoms with E-state index >= 15 is 0 Å². The smallest absolute Gasteiger partial charge is 0.434 e. The average Bonchev–Trinajstić information content (AvgIpc) is 2.65. The Kier molecular flexibility index (Phi) is 2.24. The molecule has 5 nitrogen and oxygen atoms in total. The molecule has 0 saturated heterocycles. The molecule has 0 aliphatic heterocycles. The van der Waals surface area contributed by atoms with Crippen LogP contribution in [0.3, 0.4) is 0 Å². The van der Waals surface area contributed by atoms with Gasteiger partial charge >= 0.3 is 5.76 Å². The van der Waals surface area contributed by atoms with E-state index in [-0.39, 0.29) is 11.6 Å². The van der Waals surface area contributed by atoms with E-state index in [1.54, 1.807) is 6.07 Å². The summed E-state index contributed by atoms with van der Waals surface area (Å²) in [5.41, 5.74) is 0.367. The zero-order chi connectivity index (χ0) is 10.8. The van der Waals surface area contributed by atoms with Gasteiger partial charge in [0, 0.05) is 5.56 Å². The van der Waals surface area contributed by atoms with Crippen LogP contribution in [0.5, 0.6) is 5.75 Å². The lowest BCUT2D eigenvalue weighted by atomic mass is 10.2. The molecule has 2 rings (SSSR count). The van der Waals surface area contributed by atoms with E-state index in [9.17, 15) is 9.18 Å². The first-order chi connectivity index (χ1) is 7.20. The molecule has 0 amide bonds. The van der Waals surface area contributed by atoms with Crippen molar-refractivity contribution in [2.75, 3.05) is 7.11 Å². The van der Waals surface area contributed by atoms with Gasteiger partial charge in [0.1, 0.15) is 0 Å². The van der Waals surface area contributed by atoms with Crippen molar-refractivity contribution >= 4 is 0 Å². The monoisotopic (exact) mass is 210 g/mol. The zero-order valence-corrected chi connectivity index (χ0v) is 7.78. The number of rotatable bonds is 2. The number of benzene rings is 1. The first-order valence-electron chi connectivity index (χ1n) is 4.10. The molecule has 1 N–H and O–H groups in total. The summed E-state index contributed by atoms with van der Waals surface area (Å²) < 4.78 is 22.7. The number of hydrogen-bond donors (Lipinski definition) is 1. The summed E-state index contributed by atoms with van der Waals surface area (Å²) in [4.78, 5) is 10.7. The minimum absolute atomic E-state index is 0.0431. The molecule has 78 valence electrons. The van der Waals surface area contributed by atoms with Gasteiger partial charge in [0.2, 0.25) is 5.89 Å². The number of ether oxygens (including phenoxy) is 1. The Balaban J connectivity index is 2.46. The largest absolute Gasteiger partial charge is 0.494 e. The zero-order valence-electron chi connectivity index (χ0n) is 7.78. The van der Waals surface area contributed by atoms with Crippen LogP contribution < -0.4 is 10.5 Å². The molecule has 2 aromatic rings. The van der Waals surface area contributed by atoms with Crippen LogP contribution in [0.1, 0.15) is 0 Å². The van der Waals surface area contributed by atoms with E-state index in [1.807, 2.05) is 0 Å². The van der Waals surface area contributed by atoms with Gasteiger partial charge in [-0.3, -0.25) is 0 Å². The SMILES string of the molecule is COc1ccc(-c2n[nH]c(=O)o2)cc1F. The van der Waals surface area contributed by atoms with Crippen LogP contribution in [-0.2, 0) is 0 Å². The van der Waals surface area contributed by atoms with Crippen LogP contribution in [0.25, 0.3) is 11.5 Å². The highest BCUT2D eigenvalue weighted by atomic mass is 19.1. The van der Waals surface area contributed by atoms with Crippen LogP contribution in [0.4, 0.5) is 4.39 Å². The second kappa shape index (κ2) is 3.56. The fourth-order valence-corrected chi connectivity index (χ4v) is 1.15. The molecule has 6 heteroatoms. The number of methoxy groups -OCH3 is 1. The molecule has 0 spiro atoms. The molecular formula is C9H7FN2O3. The highest BCUT2D eigenvalue weighted by Gasteiger charge is 2.09. The minimum Gasteiger partial charge on any atom is -0.494 e. The molecule has 0 radical (unpaired) electrons. The number of halogens is 1. The van der Waals surface area contributed by atoms with Crippen LogP contribution >= 0.6 is 0 Å². The predicted octanol–water partition coefficient (Wildman–Crippen LogP) is 1.18. The number of aromatic amines is 1. The molecule has 1 aromatic heterocycles. The highest BCUT2D eigenvalue weighted by Crippen LogP contribution is 2.23. The van der Waals surface area contributed by atoms with Crippen molar-refractivity contribution in [3.05, 3.63) is 34.6 Å². The molecule has 0 saturated carbocycles. The Morgan fingerprint density at radius 2 is 2.33 bits per heavy atom. The van der Waals surface area contributed by atoms with Gasteiger partial charge in [-0.1, -0.05) is 0 Å². The molecular weight excluding hydrogens is 203 g/mol. The van der Waals surface area contributed by atoms with Crippen LogP contribution in [0.15, 0.2) is 27.4 Å². The van der Waals surface area contributed by atoms with Crippen molar-refractivity contribution in [1.82, 2.24) is 10.2 Å². The molecule has 1 aromatic carbocycles. The van der Waals surface area contributed by atoms with Gasteiger partial charge in [0.25, 0.3) is 0 Å². The maximum Gasteiger partial charge on any atom is 0.434 e. The summed E-state index contributed by atoms with van der Waals surface area (Å²) in [7, 11) is 1.37. The molecule has 1 heterocycles. The standard InChI is InChI=1S/C9H7FN2O3/c1-14-7-3-2-5(4-6(7)10)8-11-12-9(13)15-8/h2-4H,1H3,(H,12,13). The summed E-state index contributed by atoms with van der Waals surface area (Å²) in [6, 6.07) is 4.15. The first kappa shape index (κ1) is 9.45. The third kappa shape index (κ3) is 1.74. The number of H-pyrrole nitrogens is 1. The molecule has 0 fully saturated rings. The van der Waals surface area contributed by atoms with E-state index < -0.39 is 11.6 Å². The van der Waals surface area contributed by atoms with Gasteiger partial charge < -0.3 is 9.15 Å². The van der Waals surface area contributed by atoms with Crippen molar-refractivity contribution in [3.8, 4) is 17.2 Å². The van der Waals surface area contributed by atoms with E-state index in [0.717, 1.165) is 0 Å². The van der Waals surface area contributed by atoms with Crippen LogP contribution in [0, 0.1) is 5.82 Å². The lowest BCUT2D eigenvalue weighted by molar-refractivity contribution is 0.386. The maximum atomic E-state index is 13.3. The predicted molar refractivity (Wildman–Crippen MR) is 49.1 cm³/mol. The quantitative estimate of drug-likeness (QED) is 0.808. The van der Waals surface area contributed by atoms with Crippen LogP contribution in [-0.4, -0.2) is 17.3 Å². The summed E-state index contributed by atoms with van der Waals surface area (Å²) in [5.74, 6) is -1.06. The lowest BCUT2D eigenvalue weighted by Crippen LogP contribution is -1.93. The third-order valence-corrected chi connectivity index (χ3v) is 1.84. The molecule has 0 bridgehead atoms. The van der Waals surface area contributed by atoms with E-state index in [2.05, 4.69) is 14.6 Å². The number of aromatic nitrogens is 2. The lowest BCUT2D eigenvalue weighted by Gasteiger charge is -2.01. The fourth-order valence-electron chi connectivity index (χ4n) is 1.15. The highest BCUT2D eigenvalue weighted by molar-refractivity contribution is 5.54. The molecule has 0 atom stereocenters. The summed E-state index contributed by atoms with van der Waals surface area (Å²) >= 11 is 0. The van der Waals surface area contributed by atoms with E-state index in [0.29, 0.717) is 5.56 Å². The van der Waals surface area contributed by atoms with Gasteiger partial charge in [-0.05, 0) is 18.2 Å². The molecule has 0 aliphatic carbocycles. The molecule has 15 heavy (non-hydrogen) atoms. The molecule has 0 unspecified atom stereocenters. The van der Waals surface area contributed by atoms with Gasteiger partial charge in [-0.25, -0.2) is 14.3 Å². The minimum atomic E-state index is -0.679. The van der Waals surface area contributed by atoms with Crippen LogP contribution in [0.2, 0.25) is 0 Å². The first-order valence-corrected chi connectivity index (χ1v) is 4.10. The Morgan fingerprint density at radius 1 is 1.53 bits per heavy atom.